The summed E-state index contributed by atoms with van der Waals surface area (Å²) in [7, 11) is -0.450. The quantitative estimate of drug-likeness (QED) is 0.0962. The van der Waals surface area contributed by atoms with Crippen molar-refractivity contribution >= 4 is 20.4 Å². The summed E-state index contributed by atoms with van der Waals surface area (Å²) in [6.07, 6.45) is 5.41. The Morgan fingerprint density at radius 3 is 2.74 bits per heavy atom. The van der Waals surface area contributed by atoms with Crippen molar-refractivity contribution in [2.75, 3.05) is 19.7 Å². The minimum absolute atomic E-state index is 0.0220. The smallest absolute Gasteiger partial charge is 0.327 e. The Hall–Kier alpha value is -3.26. The first kappa shape index (κ1) is 30.3. The lowest BCUT2D eigenvalue weighted by atomic mass is 9.78. The zero-order chi connectivity index (χ0) is 28.5. The number of hydrogen-bond donors (Lipinski definition) is 2. The van der Waals surface area contributed by atoms with Crippen molar-refractivity contribution in [3.63, 3.8) is 0 Å². The van der Waals surface area contributed by atoms with Crippen molar-refractivity contribution in [3.8, 4) is 11.7 Å². The molecule has 0 amide bonds. The van der Waals surface area contributed by atoms with Crippen LogP contribution in [-0.2, 0) is 20.5 Å². The molecule has 3 rings (SSSR count). The summed E-state index contributed by atoms with van der Waals surface area (Å²) in [5.74, 6) is -0.459. The van der Waals surface area contributed by atoms with Gasteiger partial charge in [0, 0.05) is 23.6 Å². The van der Waals surface area contributed by atoms with Gasteiger partial charge in [-0.2, -0.15) is 0 Å². The number of nitrogens with zero attached hydrogens (tertiary/aromatic N) is 1. The highest BCUT2D eigenvalue weighted by Crippen LogP contribution is 2.42. The molecule has 9 nitrogen and oxygen atoms in total. The lowest BCUT2D eigenvalue weighted by Gasteiger charge is -2.24. The number of fused-ring (bicyclic) bond motifs is 1. The fraction of sp³-hybridized carbons (Fsp3) is 0.448. The first-order valence-electron chi connectivity index (χ1n) is 13.2. The predicted molar refractivity (Wildman–Crippen MR) is 148 cm³/mol. The van der Waals surface area contributed by atoms with E-state index in [4.69, 9.17) is 14.0 Å². The van der Waals surface area contributed by atoms with Gasteiger partial charge in [0.2, 0.25) is 0 Å². The molecule has 0 spiro atoms. The van der Waals surface area contributed by atoms with Crippen LogP contribution in [0, 0.1) is 0 Å². The standard InChI is InChI=1S/C29H37N2O7P/c1-6-22-19(4)24-17-37-29(34)26(24)27(32)23(22)13-12-18(3)16-30-15-14-21-10-8-9-11-25(21)38-31(39-35)20(5)28(33)36-7-2/h8-12,17,19-20,30,34H,6-7,13-16H2,1-5H3. The Kier molecular flexibility index (Phi) is 11.0. The maximum absolute atomic E-state index is 13.1. The second kappa shape index (κ2) is 14.2. The van der Waals surface area contributed by atoms with Crippen LogP contribution in [0.15, 0.2) is 57.7 Å². The van der Waals surface area contributed by atoms with Crippen LogP contribution < -0.4 is 10.2 Å². The van der Waals surface area contributed by atoms with Crippen LogP contribution in [0.2, 0.25) is 0 Å². The highest BCUT2D eigenvalue weighted by molar-refractivity contribution is 7.20. The van der Waals surface area contributed by atoms with Crippen LogP contribution in [0.25, 0.3) is 0 Å². The largest absolute Gasteiger partial charge is 0.480 e. The number of ether oxygens (including phenoxy) is 1. The van der Waals surface area contributed by atoms with E-state index in [0.29, 0.717) is 31.7 Å². The lowest BCUT2D eigenvalue weighted by molar-refractivity contribution is -0.153. The van der Waals surface area contributed by atoms with Gasteiger partial charge in [-0.1, -0.05) is 49.3 Å². The van der Waals surface area contributed by atoms with Crippen LogP contribution in [0.1, 0.15) is 74.9 Å². The van der Waals surface area contributed by atoms with Crippen LogP contribution >= 0.6 is 8.61 Å². The molecular formula is C29H37N2O7P. The third-order valence-corrected chi connectivity index (χ3v) is 7.48. The number of hydroxylamine groups is 1. The molecule has 1 aliphatic rings. The molecule has 1 aliphatic carbocycles. The van der Waals surface area contributed by atoms with E-state index in [0.717, 1.165) is 39.1 Å². The number of nitrogens with one attached hydrogen (secondary N) is 1. The summed E-state index contributed by atoms with van der Waals surface area (Å²) in [5, 5.41) is 13.5. The molecule has 1 heterocycles. The van der Waals surface area contributed by atoms with Gasteiger partial charge in [-0.3, -0.25) is 14.2 Å². The molecule has 10 heteroatoms. The predicted octanol–water partition coefficient (Wildman–Crippen LogP) is 5.91. The van der Waals surface area contributed by atoms with E-state index in [2.05, 4.69) is 5.32 Å². The Morgan fingerprint density at radius 1 is 1.31 bits per heavy atom. The van der Waals surface area contributed by atoms with Crippen LogP contribution in [0.3, 0.4) is 0 Å². The van der Waals surface area contributed by atoms with Crippen molar-refractivity contribution in [3.05, 3.63) is 70.0 Å². The average Bonchev–Trinajstić information content (AvgIpc) is 3.33. The summed E-state index contributed by atoms with van der Waals surface area (Å²) in [6, 6.07) is 6.55. The minimum atomic E-state index is -0.838. The molecule has 0 fully saturated rings. The highest BCUT2D eigenvalue weighted by Gasteiger charge is 2.34. The minimum Gasteiger partial charge on any atom is -0.480 e. The zero-order valence-electron chi connectivity index (χ0n) is 23.2. The number of carbonyl (C=O) groups excluding carboxylic acids is 2. The molecule has 0 aliphatic heterocycles. The number of aromatic hydroxyl groups is 1. The molecule has 2 unspecified atom stereocenters. The Bertz CT molecular complexity index is 1250. The molecular weight excluding hydrogens is 519 g/mol. The van der Waals surface area contributed by atoms with Gasteiger partial charge in [0.15, 0.2) is 17.6 Å². The van der Waals surface area contributed by atoms with Crippen molar-refractivity contribution in [2.45, 2.75) is 65.8 Å². The van der Waals surface area contributed by atoms with E-state index in [9.17, 15) is 19.3 Å². The SMILES string of the molecule is CCOC(=O)C(C)N(Oc1ccccc1CCNCC(C)=CCC1=C(CC)C(C)c2coc(O)c2C1=O)P=O. The Morgan fingerprint density at radius 2 is 2.05 bits per heavy atom. The zero-order valence-corrected chi connectivity index (χ0v) is 24.0. The van der Waals surface area contributed by atoms with Crippen LogP contribution in [0.5, 0.6) is 11.7 Å². The molecule has 0 bridgehead atoms. The number of benzene rings is 1. The summed E-state index contributed by atoms with van der Waals surface area (Å²) in [6.45, 7) is 10.9. The van der Waals surface area contributed by atoms with Gasteiger partial charge < -0.3 is 24.4 Å². The average molecular weight is 557 g/mol. The third-order valence-electron chi connectivity index (χ3n) is 6.89. The van der Waals surface area contributed by atoms with E-state index >= 15 is 0 Å². The van der Waals surface area contributed by atoms with Crippen LogP contribution in [0.4, 0.5) is 0 Å². The molecule has 1 aromatic heterocycles. The molecule has 0 radical (unpaired) electrons. The number of allylic oxidation sites excluding steroid dienone is 3. The molecule has 0 saturated carbocycles. The Labute approximate surface area is 231 Å². The van der Waals surface area contributed by atoms with E-state index in [-0.39, 0.29) is 29.8 Å². The number of furan rings is 1. The molecule has 2 N–H and O–H groups in total. The van der Waals surface area contributed by atoms with Gasteiger partial charge in [-0.25, -0.2) is 0 Å². The molecule has 2 atom stereocenters. The number of para-hydroxylation sites is 1. The molecule has 0 saturated heterocycles. The molecule has 39 heavy (non-hydrogen) atoms. The second-order valence-corrected chi connectivity index (χ2v) is 10.0. The van der Waals surface area contributed by atoms with Gasteiger partial charge in [-0.15, -0.1) is 0 Å². The van der Waals surface area contributed by atoms with Crippen molar-refractivity contribution < 1.29 is 33.3 Å². The van der Waals surface area contributed by atoms with Crippen molar-refractivity contribution in [2.24, 2.45) is 0 Å². The van der Waals surface area contributed by atoms with E-state index in [1.165, 1.54) is 6.26 Å². The lowest BCUT2D eigenvalue weighted by Crippen LogP contribution is -2.36. The monoisotopic (exact) mass is 556 g/mol. The van der Waals surface area contributed by atoms with E-state index in [1.807, 2.05) is 45.0 Å². The Balaban J connectivity index is 1.57. The van der Waals surface area contributed by atoms with Crippen molar-refractivity contribution in [1.82, 2.24) is 10.2 Å². The fourth-order valence-electron chi connectivity index (χ4n) is 4.67. The number of ketones is 1. The second-order valence-electron chi connectivity index (χ2n) is 9.47. The maximum atomic E-state index is 13.1. The number of esters is 1. The molecule has 2 aromatic rings. The number of carbonyl (C=O) groups is 2. The van der Waals surface area contributed by atoms with Gasteiger partial charge >= 0.3 is 5.97 Å². The van der Waals surface area contributed by atoms with E-state index < -0.39 is 20.6 Å². The number of Topliss-reactive ketones (excluding diaryl/α,β-unsaturated/α-hetero) is 1. The molecule has 210 valence electrons. The van der Waals surface area contributed by atoms with E-state index in [1.54, 1.807) is 19.9 Å². The molecule has 1 aromatic carbocycles. The number of hydrogen-bond acceptors (Lipinski definition) is 8. The summed E-state index contributed by atoms with van der Waals surface area (Å²) < 4.78 is 21.8. The third kappa shape index (κ3) is 7.24. The van der Waals surface area contributed by atoms with Gasteiger partial charge in [-0.05, 0) is 63.0 Å². The summed E-state index contributed by atoms with van der Waals surface area (Å²) >= 11 is 0. The number of rotatable bonds is 14. The normalized spacial score (nSPS) is 16.5. The maximum Gasteiger partial charge on any atom is 0.327 e. The topological polar surface area (TPSA) is 118 Å². The fourth-order valence-corrected chi connectivity index (χ4v) is 5.03. The highest BCUT2D eigenvalue weighted by atomic mass is 31.1. The summed E-state index contributed by atoms with van der Waals surface area (Å²) in [5.41, 5.74) is 4.81. The van der Waals surface area contributed by atoms with Gasteiger partial charge in [0.05, 0.1) is 12.9 Å². The van der Waals surface area contributed by atoms with Gasteiger partial charge in [0.25, 0.3) is 14.6 Å². The van der Waals surface area contributed by atoms with Gasteiger partial charge in [0.1, 0.15) is 5.56 Å². The first-order valence-corrected chi connectivity index (χ1v) is 14.0. The van der Waals surface area contributed by atoms with Crippen molar-refractivity contribution in [1.29, 1.82) is 0 Å². The first-order chi connectivity index (χ1) is 18.7. The van der Waals surface area contributed by atoms with Crippen LogP contribution in [-0.4, -0.2) is 47.4 Å². The summed E-state index contributed by atoms with van der Waals surface area (Å²) in [4.78, 5) is 32.0.